The van der Waals surface area contributed by atoms with Crippen molar-refractivity contribution in [2.75, 3.05) is 13.2 Å². The normalized spacial score (nSPS) is 45.8. The van der Waals surface area contributed by atoms with Gasteiger partial charge in [0.25, 0.3) is 0 Å². The lowest BCUT2D eigenvalue weighted by atomic mass is 9.94. The second-order valence-electron chi connectivity index (χ2n) is 3.01. The minimum Gasteiger partial charge on any atom is -0.394 e. The van der Waals surface area contributed by atoms with E-state index in [2.05, 4.69) is 0 Å². The molecule has 1 heterocycles. The molecule has 1 aliphatic rings. The van der Waals surface area contributed by atoms with Crippen molar-refractivity contribution in [3.63, 3.8) is 0 Å². The molecule has 1 saturated heterocycles. The highest BCUT2D eigenvalue weighted by Gasteiger charge is 2.35. The predicted octanol–water partition coefficient (Wildman–Crippen LogP) is -1.26. The molecule has 0 radical (unpaired) electrons. The first-order valence-electron chi connectivity index (χ1n) is 3.75. The molecule has 4 unspecified atom stereocenters. The molecule has 0 spiro atoms. The fourth-order valence-electron chi connectivity index (χ4n) is 1.19. The zero-order valence-corrected chi connectivity index (χ0v) is 6.47. The summed E-state index contributed by atoms with van der Waals surface area (Å²) >= 11 is 0. The van der Waals surface area contributed by atoms with E-state index in [1.54, 1.807) is 6.92 Å². The zero-order valence-electron chi connectivity index (χ0n) is 6.47. The summed E-state index contributed by atoms with van der Waals surface area (Å²) in [5.74, 6) is -0.0622. The van der Waals surface area contributed by atoms with E-state index in [0.717, 1.165) is 0 Å². The van der Waals surface area contributed by atoms with Crippen LogP contribution < -0.4 is 0 Å². The smallest absolute Gasteiger partial charge is 0.109 e. The molecule has 0 aromatic heterocycles. The van der Waals surface area contributed by atoms with Crippen molar-refractivity contribution in [2.45, 2.75) is 25.2 Å². The molecule has 0 amide bonds. The van der Waals surface area contributed by atoms with Crippen LogP contribution in [0.15, 0.2) is 0 Å². The molecule has 1 fully saturated rings. The Bertz CT molecular complexity index is 126. The Morgan fingerprint density at radius 1 is 1.36 bits per heavy atom. The molecule has 66 valence electrons. The van der Waals surface area contributed by atoms with Gasteiger partial charge in [-0.3, -0.25) is 0 Å². The number of hydrogen-bond donors (Lipinski definition) is 3. The highest BCUT2D eigenvalue weighted by molar-refractivity contribution is 4.84. The number of rotatable bonds is 1. The Labute approximate surface area is 65.4 Å². The van der Waals surface area contributed by atoms with Crippen molar-refractivity contribution in [1.29, 1.82) is 0 Å². The van der Waals surface area contributed by atoms with Crippen LogP contribution in [-0.4, -0.2) is 46.8 Å². The van der Waals surface area contributed by atoms with Crippen LogP contribution in [0.25, 0.3) is 0 Å². The van der Waals surface area contributed by atoms with E-state index in [0.29, 0.717) is 6.61 Å². The third kappa shape index (κ3) is 1.70. The van der Waals surface area contributed by atoms with Gasteiger partial charge in [-0.2, -0.15) is 0 Å². The Morgan fingerprint density at radius 3 is 2.55 bits per heavy atom. The zero-order chi connectivity index (χ0) is 8.43. The average Bonchev–Trinajstić information content (AvgIpc) is 2.01. The maximum absolute atomic E-state index is 9.31. The number of hydrogen-bond acceptors (Lipinski definition) is 4. The summed E-state index contributed by atoms with van der Waals surface area (Å²) in [4.78, 5) is 0. The molecular weight excluding hydrogens is 148 g/mol. The first-order valence-corrected chi connectivity index (χ1v) is 3.75. The third-order valence-corrected chi connectivity index (χ3v) is 2.07. The van der Waals surface area contributed by atoms with E-state index < -0.39 is 18.3 Å². The summed E-state index contributed by atoms with van der Waals surface area (Å²) in [6.07, 6.45) is -2.36. The van der Waals surface area contributed by atoms with Crippen molar-refractivity contribution >= 4 is 0 Å². The van der Waals surface area contributed by atoms with Gasteiger partial charge in [-0.05, 0) is 0 Å². The van der Waals surface area contributed by atoms with E-state index in [1.165, 1.54) is 0 Å². The fourth-order valence-corrected chi connectivity index (χ4v) is 1.19. The number of aliphatic hydroxyl groups excluding tert-OH is 3. The molecule has 0 aliphatic carbocycles. The molecule has 1 rings (SSSR count). The first kappa shape index (κ1) is 8.93. The van der Waals surface area contributed by atoms with Crippen LogP contribution in [0.1, 0.15) is 6.92 Å². The lowest BCUT2D eigenvalue weighted by Gasteiger charge is -2.35. The van der Waals surface area contributed by atoms with Gasteiger partial charge < -0.3 is 20.1 Å². The molecule has 0 bridgehead atoms. The van der Waals surface area contributed by atoms with Gasteiger partial charge in [0.15, 0.2) is 0 Å². The highest BCUT2D eigenvalue weighted by Crippen LogP contribution is 2.19. The Kier molecular flexibility index (Phi) is 2.84. The molecule has 1 aliphatic heterocycles. The van der Waals surface area contributed by atoms with Crippen LogP contribution >= 0.6 is 0 Å². The van der Waals surface area contributed by atoms with Gasteiger partial charge in [0.05, 0.1) is 19.3 Å². The van der Waals surface area contributed by atoms with Crippen LogP contribution in [0.5, 0.6) is 0 Å². The minimum atomic E-state index is -0.955. The molecule has 4 heteroatoms. The van der Waals surface area contributed by atoms with Crippen molar-refractivity contribution < 1.29 is 20.1 Å². The van der Waals surface area contributed by atoms with Crippen LogP contribution in [0.3, 0.4) is 0 Å². The molecule has 0 saturated carbocycles. The standard InChI is InChI=1S/C7H14O4/c1-4-3-11-5(2-8)7(10)6(4)9/h4-10H,2-3H2,1H3. The van der Waals surface area contributed by atoms with Crippen LogP contribution in [-0.2, 0) is 4.74 Å². The molecule has 3 N–H and O–H groups in total. The SMILES string of the molecule is CC1COC(CO)C(O)C1O. The molecule has 0 aromatic carbocycles. The monoisotopic (exact) mass is 162 g/mol. The summed E-state index contributed by atoms with van der Waals surface area (Å²) in [7, 11) is 0. The Hall–Kier alpha value is -0.160. The lowest BCUT2D eigenvalue weighted by Crippen LogP contribution is -2.50. The maximum Gasteiger partial charge on any atom is 0.109 e. The first-order chi connectivity index (χ1) is 5.16. The Morgan fingerprint density at radius 2 is 2.00 bits per heavy atom. The van der Waals surface area contributed by atoms with Gasteiger partial charge in [0.2, 0.25) is 0 Å². The van der Waals surface area contributed by atoms with E-state index in [1.807, 2.05) is 0 Å². The molecule has 0 aromatic rings. The van der Waals surface area contributed by atoms with E-state index >= 15 is 0 Å². The van der Waals surface area contributed by atoms with Crippen molar-refractivity contribution in [1.82, 2.24) is 0 Å². The Balaban J connectivity index is 2.52. The summed E-state index contributed by atoms with van der Waals surface area (Å²) < 4.78 is 5.06. The van der Waals surface area contributed by atoms with Gasteiger partial charge in [-0.25, -0.2) is 0 Å². The summed E-state index contributed by atoms with van der Waals surface area (Å²) in [5.41, 5.74) is 0. The number of ether oxygens (including phenoxy) is 1. The van der Waals surface area contributed by atoms with Crippen LogP contribution in [0.2, 0.25) is 0 Å². The van der Waals surface area contributed by atoms with Crippen molar-refractivity contribution in [3.8, 4) is 0 Å². The molecule has 4 nitrogen and oxygen atoms in total. The molecule has 11 heavy (non-hydrogen) atoms. The van der Waals surface area contributed by atoms with Crippen molar-refractivity contribution in [2.24, 2.45) is 5.92 Å². The maximum atomic E-state index is 9.31. The average molecular weight is 162 g/mol. The summed E-state index contributed by atoms with van der Waals surface area (Å²) in [6, 6.07) is 0. The van der Waals surface area contributed by atoms with Crippen molar-refractivity contribution in [3.05, 3.63) is 0 Å². The fraction of sp³-hybridized carbons (Fsp3) is 1.00. The minimum absolute atomic E-state index is 0.0622. The molecule has 4 atom stereocenters. The second-order valence-corrected chi connectivity index (χ2v) is 3.01. The quantitative estimate of drug-likeness (QED) is 0.450. The highest BCUT2D eigenvalue weighted by atomic mass is 16.5. The van der Waals surface area contributed by atoms with E-state index in [9.17, 15) is 10.2 Å². The van der Waals surface area contributed by atoms with Gasteiger partial charge in [0.1, 0.15) is 12.2 Å². The topological polar surface area (TPSA) is 69.9 Å². The summed E-state index contributed by atoms with van der Waals surface area (Å²) in [6.45, 7) is 1.94. The van der Waals surface area contributed by atoms with Crippen LogP contribution in [0, 0.1) is 5.92 Å². The molecular formula is C7H14O4. The second kappa shape index (κ2) is 3.49. The third-order valence-electron chi connectivity index (χ3n) is 2.07. The van der Waals surface area contributed by atoms with Gasteiger partial charge in [0, 0.05) is 5.92 Å². The van der Waals surface area contributed by atoms with E-state index in [4.69, 9.17) is 9.84 Å². The van der Waals surface area contributed by atoms with Crippen LogP contribution in [0.4, 0.5) is 0 Å². The van der Waals surface area contributed by atoms with Gasteiger partial charge in [-0.1, -0.05) is 6.92 Å². The van der Waals surface area contributed by atoms with Gasteiger partial charge >= 0.3 is 0 Å². The summed E-state index contributed by atoms with van der Waals surface area (Å²) in [5, 5.41) is 27.2. The van der Waals surface area contributed by atoms with Gasteiger partial charge in [-0.15, -0.1) is 0 Å². The number of aliphatic hydroxyl groups is 3. The van der Waals surface area contributed by atoms with E-state index in [-0.39, 0.29) is 12.5 Å². The predicted molar refractivity (Wildman–Crippen MR) is 38.0 cm³/mol. The largest absolute Gasteiger partial charge is 0.394 e. The lowest BCUT2D eigenvalue weighted by molar-refractivity contribution is -0.170.